The molecule has 3 rings (SSSR count). The molecule has 1 aromatic heterocycles. The van der Waals surface area contributed by atoms with Crippen LogP contribution in [0.3, 0.4) is 0 Å². The fraction of sp³-hybridized carbons (Fsp3) is 0.250. The first-order valence-electron chi connectivity index (χ1n) is 6.63. The summed E-state index contributed by atoms with van der Waals surface area (Å²) >= 11 is 0. The molecule has 0 bridgehead atoms. The van der Waals surface area contributed by atoms with Crippen LogP contribution in [0, 0.1) is 13.8 Å². The minimum absolute atomic E-state index is 0.449. The minimum atomic E-state index is -1.30. The molecule has 21 heavy (non-hydrogen) atoms. The Balaban J connectivity index is 2.27. The number of carbonyl (C=O) groups excluding carboxylic acids is 4. The molecule has 1 saturated carbocycles. The van der Waals surface area contributed by atoms with Crippen molar-refractivity contribution in [3.63, 3.8) is 0 Å². The Labute approximate surface area is 120 Å². The Morgan fingerprint density at radius 2 is 1.62 bits per heavy atom. The van der Waals surface area contributed by atoms with E-state index in [2.05, 4.69) is 4.98 Å². The molecule has 0 unspecified atom stereocenters. The van der Waals surface area contributed by atoms with Crippen molar-refractivity contribution in [3.8, 4) is 0 Å². The van der Waals surface area contributed by atoms with Crippen LogP contribution in [0.2, 0.25) is 0 Å². The number of H-pyrrole nitrogens is 1. The number of carbonyl (C=O) groups is 4. The van der Waals surface area contributed by atoms with Crippen molar-refractivity contribution in [1.82, 2.24) is 4.98 Å². The van der Waals surface area contributed by atoms with Crippen molar-refractivity contribution < 1.29 is 19.2 Å². The summed E-state index contributed by atoms with van der Waals surface area (Å²) < 4.78 is 0. The first-order chi connectivity index (χ1) is 9.90. The van der Waals surface area contributed by atoms with E-state index in [1.54, 1.807) is 6.92 Å². The van der Waals surface area contributed by atoms with Gasteiger partial charge in [-0.2, -0.15) is 0 Å². The number of aromatic nitrogens is 1. The second-order valence-electron chi connectivity index (χ2n) is 5.40. The lowest BCUT2D eigenvalue weighted by Crippen LogP contribution is -2.40. The van der Waals surface area contributed by atoms with Crippen LogP contribution in [0.5, 0.6) is 0 Å². The van der Waals surface area contributed by atoms with E-state index in [0.29, 0.717) is 16.6 Å². The van der Waals surface area contributed by atoms with Gasteiger partial charge in [0.15, 0.2) is 0 Å². The number of hydrogen-bond acceptors (Lipinski definition) is 4. The lowest BCUT2D eigenvalue weighted by molar-refractivity contribution is -0.149. The van der Waals surface area contributed by atoms with Crippen LogP contribution >= 0.6 is 0 Å². The van der Waals surface area contributed by atoms with Gasteiger partial charge >= 0.3 is 0 Å². The van der Waals surface area contributed by atoms with Crippen molar-refractivity contribution >= 4 is 34.0 Å². The van der Waals surface area contributed by atoms with Gasteiger partial charge in [-0.1, -0.05) is 11.6 Å². The van der Waals surface area contributed by atoms with E-state index < -0.39 is 35.5 Å². The number of rotatable bonds is 1. The second-order valence-corrected chi connectivity index (χ2v) is 5.40. The Morgan fingerprint density at radius 3 is 2.24 bits per heavy atom. The summed E-state index contributed by atoms with van der Waals surface area (Å²) in [6.07, 6.45) is -0.603. The summed E-state index contributed by atoms with van der Waals surface area (Å²) in [6, 6.07) is 5.60. The van der Waals surface area contributed by atoms with Gasteiger partial charge in [-0.05, 0) is 31.5 Å². The molecule has 5 heteroatoms. The summed E-state index contributed by atoms with van der Waals surface area (Å²) in [5.41, 5.74) is 2.82. The predicted molar refractivity (Wildman–Crippen MR) is 75.2 cm³/mol. The first-order valence-corrected chi connectivity index (χ1v) is 6.63. The van der Waals surface area contributed by atoms with E-state index in [-0.39, 0.29) is 0 Å². The fourth-order valence-electron chi connectivity index (χ4n) is 2.86. The number of benzene rings is 1. The van der Waals surface area contributed by atoms with Crippen LogP contribution in [-0.2, 0) is 19.2 Å². The minimum Gasteiger partial charge on any atom is -0.358 e. The second kappa shape index (κ2) is 4.48. The first kappa shape index (κ1) is 13.4. The number of aromatic amines is 1. The molecule has 0 spiro atoms. The SMILES string of the molecule is Cc1ccc2[nH]c(C)c(C3C(=O)C(=O)CC(=O)C3=O)c2c1. The Morgan fingerprint density at radius 1 is 1.00 bits per heavy atom. The summed E-state index contributed by atoms with van der Waals surface area (Å²) in [6.45, 7) is 3.63. The van der Waals surface area contributed by atoms with E-state index in [1.807, 2.05) is 25.1 Å². The van der Waals surface area contributed by atoms with E-state index in [0.717, 1.165) is 11.1 Å². The van der Waals surface area contributed by atoms with Gasteiger partial charge in [0.1, 0.15) is 5.92 Å². The maximum Gasteiger partial charge on any atom is 0.214 e. The van der Waals surface area contributed by atoms with Crippen LogP contribution in [0.1, 0.15) is 29.2 Å². The van der Waals surface area contributed by atoms with Crippen LogP contribution in [0.25, 0.3) is 10.9 Å². The maximum absolute atomic E-state index is 12.1. The lowest BCUT2D eigenvalue weighted by Gasteiger charge is -2.18. The molecule has 0 radical (unpaired) electrons. The Kier molecular flexibility index (Phi) is 2.86. The number of ketones is 4. The molecule has 1 aliphatic rings. The van der Waals surface area contributed by atoms with Crippen molar-refractivity contribution in [2.75, 3.05) is 0 Å². The molecule has 0 amide bonds. The molecule has 0 saturated heterocycles. The Hall–Kier alpha value is -2.56. The Bertz CT molecular complexity index is 802. The average molecular weight is 283 g/mol. The van der Waals surface area contributed by atoms with Gasteiger partial charge in [-0.25, -0.2) is 0 Å². The molecule has 1 aromatic carbocycles. The van der Waals surface area contributed by atoms with Crippen LogP contribution < -0.4 is 0 Å². The number of aryl methyl sites for hydroxylation is 2. The molecule has 1 N–H and O–H groups in total. The van der Waals surface area contributed by atoms with E-state index in [4.69, 9.17) is 0 Å². The van der Waals surface area contributed by atoms with Crippen molar-refractivity contribution in [2.45, 2.75) is 26.2 Å². The van der Waals surface area contributed by atoms with E-state index in [9.17, 15) is 19.2 Å². The topological polar surface area (TPSA) is 84.1 Å². The summed E-state index contributed by atoms with van der Waals surface area (Å²) in [7, 11) is 0. The highest BCUT2D eigenvalue weighted by atomic mass is 16.2. The lowest BCUT2D eigenvalue weighted by atomic mass is 9.79. The highest BCUT2D eigenvalue weighted by Gasteiger charge is 2.44. The average Bonchev–Trinajstić information content (AvgIpc) is 2.73. The summed E-state index contributed by atoms with van der Waals surface area (Å²) in [5, 5.41) is 0.710. The monoisotopic (exact) mass is 283 g/mol. The highest BCUT2D eigenvalue weighted by molar-refractivity contribution is 6.61. The van der Waals surface area contributed by atoms with Crippen LogP contribution in [-0.4, -0.2) is 28.1 Å². The zero-order chi connectivity index (χ0) is 15.3. The number of Topliss-reactive ketones (excluding diaryl/α,β-unsaturated/α-hetero) is 4. The maximum atomic E-state index is 12.1. The van der Waals surface area contributed by atoms with Crippen molar-refractivity contribution in [2.24, 2.45) is 0 Å². The zero-order valence-corrected chi connectivity index (χ0v) is 11.6. The molecule has 106 valence electrons. The standard InChI is InChI=1S/C16H13NO4/c1-7-3-4-10-9(5-7)13(8(2)17-10)14-15(20)11(18)6-12(19)16(14)21/h3-5,14,17H,6H2,1-2H3. The molecule has 1 heterocycles. The smallest absolute Gasteiger partial charge is 0.214 e. The van der Waals surface area contributed by atoms with Gasteiger partial charge in [-0.3, -0.25) is 19.2 Å². The number of fused-ring (bicyclic) bond motifs is 1. The third-order valence-electron chi connectivity index (χ3n) is 3.88. The van der Waals surface area contributed by atoms with Gasteiger partial charge in [0.25, 0.3) is 0 Å². The normalized spacial score (nSPS) is 17.0. The van der Waals surface area contributed by atoms with Crippen LogP contribution in [0.15, 0.2) is 18.2 Å². The van der Waals surface area contributed by atoms with Gasteiger partial charge < -0.3 is 4.98 Å². The largest absolute Gasteiger partial charge is 0.358 e. The molecule has 2 aromatic rings. The van der Waals surface area contributed by atoms with E-state index in [1.165, 1.54) is 0 Å². The molecule has 5 nitrogen and oxygen atoms in total. The number of nitrogens with one attached hydrogen (secondary N) is 1. The van der Waals surface area contributed by atoms with Gasteiger partial charge in [-0.15, -0.1) is 0 Å². The van der Waals surface area contributed by atoms with Crippen LogP contribution in [0.4, 0.5) is 0 Å². The molecular weight excluding hydrogens is 270 g/mol. The molecule has 0 aliphatic heterocycles. The van der Waals surface area contributed by atoms with Gasteiger partial charge in [0.05, 0.1) is 6.42 Å². The summed E-state index contributed by atoms with van der Waals surface area (Å²) in [4.78, 5) is 50.6. The van der Waals surface area contributed by atoms with Gasteiger partial charge in [0, 0.05) is 16.6 Å². The van der Waals surface area contributed by atoms with E-state index >= 15 is 0 Å². The molecular formula is C16H13NO4. The zero-order valence-electron chi connectivity index (χ0n) is 11.6. The van der Waals surface area contributed by atoms with Gasteiger partial charge in [0.2, 0.25) is 23.1 Å². The molecule has 1 aliphatic carbocycles. The molecule has 0 atom stereocenters. The quantitative estimate of drug-likeness (QED) is 0.635. The predicted octanol–water partition coefficient (Wildman–Crippen LogP) is 1.55. The summed E-state index contributed by atoms with van der Waals surface area (Å²) in [5.74, 6) is -4.44. The highest BCUT2D eigenvalue weighted by Crippen LogP contribution is 2.33. The molecule has 1 fully saturated rings. The number of hydrogen-bond donors (Lipinski definition) is 1. The third kappa shape index (κ3) is 1.93. The fourth-order valence-corrected chi connectivity index (χ4v) is 2.86. The third-order valence-corrected chi connectivity index (χ3v) is 3.88. The van der Waals surface area contributed by atoms with Crippen molar-refractivity contribution in [1.29, 1.82) is 0 Å². The van der Waals surface area contributed by atoms with Crippen molar-refractivity contribution in [3.05, 3.63) is 35.0 Å².